The van der Waals surface area contributed by atoms with Crippen LogP contribution in [0, 0.1) is 5.92 Å². The first kappa shape index (κ1) is 16.7. The molecule has 2 amide bonds. The highest BCUT2D eigenvalue weighted by atomic mass is 32.1. The Kier molecular flexibility index (Phi) is 5.30. The monoisotopic (exact) mass is 346 g/mol. The van der Waals surface area contributed by atoms with Crippen LogP contribution < -0.4 is 5.32 Å². The Morgan fingerprint density at radius 1 is 1.50 bits per heavy atom. The van der Waals surface area contributed by atoms with Crippen LogP contribution in [0.15, 0.2) is 36.2 Å². The molecule has 0 bridgehead atoms. The van der Waals surface area contributed by atoms with Crippen molar-refractivity contribution in [2.45, 2.75) is 32.4 Å². The van der Waals surface area contributed by atoms with Gasteiger partial charge >= 0.3 is 0 Å². The lowest BCUT2D eigenvalue weighted by Crippen LogP contribution is -2.47. The molecule has 1 fully saturated rings. The zero-order valence-electron chi connectivity index (χ0n) is 13.7. The third kappa shape index (κ3) is 4.03. The maximum Gasteiger partial charge on any atom is 0.263 e. The topological polar surface area (TPSA) is 67.2 Å². The summed E-state index contributed by atoms with van der Waals surface area (Å²) in [5.74, 6) is -0.0619. The Morgan fingerprint density at radius 3 is 3.08 bits per heavy atom. The maximum atomic E-state index is 12.5. The lowest BCUT2D eigenvalue weighted by molar-refractivity contribution is -0.127. The van der Waals surface area contributed by atoms with Crippen molar-refractivity contribution in [2.24, 2.45) is 5.92 Å². The van der Waals surface area contributed by atoms with Crippen LogP contribution in [-0.4, -0.2) is 45.4 Å². The van der Waals surface area contributed by atoms with Crippen molar-refractivity contribution >= 4 is 23.2 Å². The second-order valence-electron chi connectivity index (χ2n) is 6.24. The quantitative estimate of drug-likeness (QED) is 0.900. The van der Waals surface area contributed by atoms with Crippen molar-refractivity contribution in [1.82, 2.24) is 19.8 Å². The number of likely N-dealkylation sites (tertiary alicyclic amines) is 1. The summed E-state index contributed by atoms with van der Waals surface area (Å²) >= 11 is 1.45. The molecule has 1 saturated heterocycles. The average molecular weight is 346 g/mol. The number of imidazole rings is 1. The Bertz CT molecular complexity index is 669. The average Bonchev–Trinajstić information content (AvgIpc) is 3.27. The van der Waals surface area contributed by atoms with E-state index in [9.17, 15) is 9.59 Å². The van der Waals surface area contributed by atoms with E-state index in [4.69, 9.17) is 0 Å². The van der Waals surface area contributed by atoms with Gasteiger partial charge in [-0.15, -0.1) is 11.3 Å². The van der Waals surface area contributed by atoms with Crippen molar-refractivity contribution in [3.8, 4) is 0 Å². The third-order valence-corrected chi connectivity index (χ3v) is 5.10. The smallest absolute Gasteiger partial charge is 0.263 e. The molecule has 1 aliphatic heterocycles. The maximum absolute atomic E-state index is 12.5. The molecule has 0 aromatic carbocycles. The fraction of sp³-hybridized carbons (Fsp3) is 0.471. The van der Waals surface area contributed by atoms with Crippen molar-refractivity contribution in [2.75, 3.05) is 13.1 Å². The zero-order chi connectivity index (χ0) is 16.9. The molecular weight excluding hydrogens is 324 g/mol. The Hall–Kier alpha value is -2.15. The summed E-state index contributed by atoms with van der Waals surface area (Å²) in [4.78, 5) is 31.5. The van der Waals surface area contributed by atoms with Crippen LogP contribution in [0.2, 0.25) is 0 Å². The summed E-state index contributed by atoms with van der Waals surface area (Å²) in [5, 5.41) is 4.96. The minimum Gasteiger partial charge on any atom is -0.352 e. The molecule has 0 aliphatic carbocycles. The van der Waals surface area contributed by atoms with Gasteiger partial charge in [-0.25, -0.2) is 4.98 Å². The van der Waals surface area contributed by atoms with Gasteiger partial charge < -0.3 is 14.8 Å². The molecule has 0 spiro atoms. The van der Waals surface area contributed by atoms with Crippen molar-refractivity contribution in [3.05, 3.63) is 41.1 Å². The summed E-state index contributed by atoms with van der Waals surface area (Å²) in [6.45, 7) is 3.90. The molecule has 7 heteroatoms. The van der Waals surface area contributed by atoms with E-state index in [0.717, 1.165) is 24.3 Å². The summed E-state index contributed by atoms with van der Waals surface area (Å²) in [6.07, 6.45) is 7.04. The number of aromatic nitrogens is 2. The number of rotatable bonds is 5. The Labute approximate surface area is 145 Å². The molecule has 3 rings (SSSR count). The number of nitrogens with zero attached hydrogens (tertiary/aromatic N) is 3. The summed E-state index contributed by atoms with van der Waals surface area (Å²) < 4.78 is 1.94. The second kappa shape index (κ2) is 7.61. The first-order valence-electron chi connectivity index (χ1n) is 8.22. The van der Waals surface area contributed by atoms with E-state index in [-0.39, 0.29) is 23.8 Å². The number of carbonyl (C=O) groups is 2. The second-order valence-corrected chi connectivity index (χ2v) is 7.18. The molecule has 24 heavy (non-hydrogen) atoms. The molecule has 6 nitrogen and oxygen atoms in total. The van der Waals surface area contributed by atoms with Gasteiger partial charge in [0, 0.05) is 38.1 Å². The van der Waals surface area contributed by atoms with Crippen LogP contribution in [0.3, 0.4) is 0 Å². The molecule has 128 valence electrons. The summed E-state index contributed by atoms with van der Waals surface area (Å²) in [6, 6.07) is 3.74. The summed E-state index contributed by atoms with van der Waals surface area (Å²) in [5.41, 5.74) is 0. The molecule has 2 aromatic heterocycles. The van der Waals surface area contributed by atoms with Crippen LogP contribution in [0.5, 0.6) is 0 Å². The van der Waals surface area contributed by atoms with Gasteiger partial charge in [0.1, 0.15) is 0 Å². The van der Waals surface area contributed by atoms with E-state index in [0.29, 0.717) is 13.1 Å². The minimum atomic E-state index is -0.132. The molecule has 0 radical (unpaired) electrons. The first-order valence-corrected chi connectivity index (χ1v) is 9.10. The fourth-order valence-corrected chi connectivity index (χ4v) is 3.74. The van der Waals surface area contributed by atoms with Crippen molar-refractivity contribution in [3.63, 3.8) is 0 Å². The van der Waals surface area contributed by atoms with Gasteiger partial charge in [-0.1, -0.05) is 6.07 Å². The van der Waals surface area contributed by atoms with E-state index < -0.39 is 0 Å². The van der Waals surface area contributed by atoms with Gasteiger partial charge in [-0.3, -0.25) is 9.59 Å². The van der Waals surface area contributed by atoms with Crippen LogP contribution in [-0.2, 0) is 11.3 Å². The fourth-order valence-electron chi connectivity index (χ4n) is 3.05. The zero-order valence-corrected chi connectivity index (χ0v) is 14.5. The van der Waals surface area contributed by atoms with Crippen LogP contribution in [0.25, 0.3) is 0 Å². The Balaban J connectivity index is 1.54. The van der Waals surface area contributed by atoms with E-state index >= 15 is 0 Å². The number of amides is 2. The molecule has 2 aromatic rings. The van der Waals surface area contributed by atoms with E-state index in [1.807, 2.05) is 35.2 Å². The molecule has 2 atom stereocenters. The molecule has 0 saturated carbocycles. The molecule has 1 N–H and O–H groups in total. The molecule has 3 heterocycles. The van der Waals surface area contributed by atoms with Crippen LogP contribution in [0.4, 0.5) is 0 Å². The highest BCUT2D eigenvalue weighted by molar-refractivity contribution is 7.12. The first-order chi connectivity index (χ1) is 11.6. The minimum absolute atomic E-state index is 0.0232. The van der Waals surface area contributed by atoms with E-state index in [1.165, 1.54) is 11.3 Å². The largest absolute Gasteiger partial charge is 0.352 e. The number of carbonyl (C=O) groups excluding carboxylic acids is 2. The number of hydrogen-bond acceptors (Lipinski definition) is 4. The van der Waals surface area contributed by atoms with E-state index in [2.05, 4.69) is 10.3 Å². The highest BCUT2D eigenvalue weighted by Crippen LogP contribution is 2.20. The lowest BCUT2D eigenvalue weighted by Gasteiger charge is -2.32. The molecule has 2 unspecified atom stereocenters. The standard InChI is InChI=1S/C17H22N4O2S/c1-13(10-20-8-6-18-12-20)19-16(22)14-4-2-7-21(11-14)17(23)15-5-3-9-24-15/h3,5-6,8-9,12-14H,2,4,7,10-11H2,1H3,(H,19,22). The van der Waals surface area contributed by atoms with Gasteiger partial charge in [0.15, 0.2) is 0 Å². The normalized spacial score (nSPS) is 19.0. The highest BCUT2D eigenvalue weighted by Gasteiger charge is 2.29. The number of piperidine rings is 1. The number of hydrogen-bond donors (Lipinski definition) is 1. The van der Waals surface area contributed by atoms with Crippen molar-refractivity contribution < 1.29 is 9.59 Å². The number of thiophene rings is 1. The lowest BCUT2D eigenvalue weighted by atomic mass is 9.96. The predicted octanol–water partition coefficient (Wildman–Crippen LogP) is 2.00. The van der Waals surface area contributed by atoms with Gasteiger partial charge in [0.05, 0.1) is 17.1 Å². The van der Waals surface area contributed by atoms with Gasteiger partial charge in [0.2, 0.25) is 5.91 Å². The molecule has 1 aliphatic rings. The van der Waals surface area contributed by atoms with Crippen LogP contribution in [0.1, 0.15) is 29.4 Å². The van der Waals surface area contributed by atoms with E-state index in [1.54, 1.807) is 17.4 Å². The third-order valence-electron chi connectivity index (χ3n) is 4.24. The van der Waals surface area contributed by atoms with Gasteiger partial charge in [0.25, 0.3) is 5.91 Å². The number of nitrogens with one attached hydrogen (secondary N) is 1. The Morgan fingerprint density at radius 2 is 2.38 bits per heavy atom. The van der Waals surface area contributed by atoms with Gasteiger partial charge in [-0.05, 0) is 31.2 Å². The van der Waals surface area contributed by atoms with Gasteiger partial charge in [-0.2, -0.15) is 0 Å². The van der Waals surface area contributed by atoms with Crippen LogP contribution >= 0.6 is 11.3 Å². The van der Waals surface area contributed by atoms with Crippen molar-refractivity contribution in [1.29, 1.82) is 0 Å². The SMILES string of the molecule is CC(Cn1ccnc1)NC(=O)C1CCCN(C(=O)c2cccs2)C1. The summed E-state index contributed by atoms with van der Waals surface area (Å²) in [7, 11) is 0. The predicted molar refractivity (Wildman–Crippen MR) is 92.8 cm³/mol. The molecular formula is C17H22N4O2S.